The SMILES string of the molecule is CCNC(=NCc1ccc(NC(=O)C(C)C)cc1)NCC(C)Oc1cccc(OC)c1. The van der Waals surface area contributed by atoms with E-state index in [1.165, 1.54) is 0 Å². The van der Waals surface area contributed by atoms with Gasteiger partial charge < -0.3 is 25.4 Å². The maximum absolute atomic E-state index is 11.8. The number of amides is 1. The molecule has 1 amide bonds. The Morgan fingerprint density at radius 3 is 2.39 bits per heavy atom. The van der Waals surface area contributed by atoms with E-state index in [4.69, 9.17) is 9.47 Å². The minimum Gasteiger partial charge on any atom is -0.497 e. The van der Waals surface area contributed by atoms with Crippen LogP contribution in [0.25, 0.3) is 0 Å². The monoisotopic (exact) mass is 426 g/mol. The molecule has 0 heterocycles. The summed E-state index contributed by atoms with van der Waals surface area (Å²) in [7, 11) is 1.64. The number of aliphatic imine (C=N–C) groups is 1. The van der Waals surface area contributed by atoms with Crippen molar-refractivity contribution in [1.82, 2.24) is 10.6 Å². The lowest BCUT2D eigenvalue weighted by Crippen LogP contribution is -2.41. The Morgan fingerprint density at radius 1 is 1.03 bits per heavy atom. The Hall–Kier alpha value is -3.22. The Labute approximate surface area is 185 Å². The number of nitrogens with one attached hydrogen (secondary N) is 3. The van der Waals surface area contributed by atoms with Crippen LogP contribution in [-0.2, 0) is 11.3 Å². The second-order valence-electron chi connectivity index (χ2n) is 7.52. The number of nitrogens with zero attached hydrogens (tertiary/aromatic N) is 1. The molecule has 0 aliphatic heterocycles. The molecule has 1 unspecified atom stereocenters. The van der Waals surface area contributed by atoms with Crippen LogP contribution in [-0.4, -0.2) is 38.2 Å². The largest absolute Gasteiger partial charge is 0.497 e. The molecule has 7 heteroatoms. The normalized spacial score (nSPS) is 12.3. The van der Waals surface area contributed by atoms with Crippen LogP contribution in [0.5, 0.6) is 11.5 Å². The van der Waals surface area contributed by atoms with Gasteiger partial charge in [0.1, 0.15) is 17.6 Å². The van der Waals surface area contributed by atoms with Gasteiger partial charge >= 0.3 is 0 Å². The quantitative estimate of drug-likeness (QED) is 0.397. The van der Waals surface area contributed by atoms with Crippen molar-refractivity contribution in [3.05, 3.63) is 54.1 Å². The van der Waals surface area contributed by atoms with Gasteiger partial charge in [-0.1, -0.05) is 32.0 Å². The van der Waals surface area contributed by atoms with Gasteiger partial charge in [-0.2, -0.15) is 0 Å². The summed E-state index contributed by atoms with van der Waals surface area (Å²) >= 11 is 0. The second-order valence-corrected chi connectivity index (χ2v) is 7.52. The zero-order chi connectivity index (χ0) is 22.6. The van der Waals surface area contributed by atoms with Gasteiger partial charge in [0, 0.05) is 24.2 Å². The lowest BCUT2D eigenvalue weighted by atomic mass is 10.2. The average Bonchev–Trinajstić information content (AvgIpc) is 2.76. The molecule has 0 radical (unpaired) electrons. The summed E-state index contributed by atoms with van der Waals surface area (Å²) in [6, 6.07) is 15.3. The van der Waals surface area contributed by atoms with E-state index in [2.05, 4.69) is 20.9 Å². The molecule has 0 saturated carbocycles. The van der Waals surface area contributed by atoms with Gasteiger partial charge in [-0.3, -0.25) is 4.79 Å². The fraction of sp³-hybridized carbons (Fsp3) is 0.417. The first kappa shape index (κ1) is 24.1. The van der Waals surface area contributed by atoms with Crippen LogP contribution < -0.4 is 25.4 Å². The highest BCUT2D eigenvalue weighted by atomic mass is 16.5. The van der Waals surface area contributed by atoms with Crippen LogP contribution in [0, 0.1) is 5.92 Å². The van der Waals surface area contributed by atoms with E-state index in [9.17, 15) is 4.79 Å². The first-order chi connectivity index (χ1) is 14.9. The van der Waals surface area contributed by atoms with Crippen LogP contribution >= 0.6 is 0 Å². The topological polar surface area (TPSA) is 84.0 Å². The maximum atomic E-state index is 11.8. The van der Waals surface area contributed by atoms with Gasteiger partial charge in [0.05, 0.1) is 20.2 Å². The lowest BCUT2D eigenvalue weighted by Gasteiger charge is -2.18. The summed E-state index contributed by atoms with van der Waals surface area (Å²) in [5.41, 5.74) is 1.85. The van der Waals surface area contributed by atoms with Crippen LogP contribution in [0.3, 0.4) is 0 Å². The van der Waals surface area contributed by atoms with Crippen LogP contribution in [0.2, 0.25) is 0 Å². The predicted octanol–water partition coefficient (Wildman–Crippen LogP) is 3.81. The molecule has 0 bridgehead atoms. The number of carbonyl (C=O) groups excluding carboxylic acids is 1. The van der Waals surface area contributed by atoms with Crippen molar-refractivity contribution in [2.24, 2.45) is 10.9 Å². The number of benzene rings is 2. The molecule has 168 valence electrons. The number of hydrogen-bond donors (Lipinski definition) is 3. The Balaban J connectivity index is 1.88. The number of carbonyl (C=O) groups is 1. The summed E-state index contributed by atoms with van der Waals surface area (Å²) in [5.74, 6) is 2.21. The van der Waals surface area contributed by atoms with Crippen LogP contribution in [0.4, 0.5) is 5.69 Å². The van der Waals surface area contributed by atoms with Crippen molar-refractivity contribution in [2.75, 3.05) is 25.5 Å². The molecular weight excluding hydrogens is 392 g/mol. The highest BCUT2D eigenvalue weighted by molar-refractivity contribution is 5.92. The fourth-order valence-electron chi connectivity index (χ4n) is 2.68. The third kappa shape index (κ3) is 8.58. The minimum absolute atomic E-state index is 0.00897. The molecule has 0 aromatic heterocycles. The number of hydrogen-bond acceptors (Lipinski definition) is 4. The Bertz CT molecular complexity index is 850. The van der Waals surface area contributed by atoms with Crippen molar-refractivity contribution >= 4 is 17.6 Å². The molecule has 0 saturated heterocycles. The molecule has 2 rings (SSSR count). The van der Waals surface area contributed by atoms with E-state index >= 15 is 0 Å². The van der Waals surface area contributed by atoms with Gasteiger partial charge in [0.15, 0.2) is 5.96 Å². The van der Waals surface area contributed by atoms with E-state index in [0.717, 1.165) is 35.3 Å². The second kappa shape index (κ2) is 12.5. The summed E-state index contributed by atoms with van der Waals surface area (Å²) in [6.45, 7) is 9.66. The van der Waals surface area contributed by atoms with Gasteiger partial charge in [-0.15, -0.1) is 0 Å². The van der Waals surface area contributed by atoms with Crippen LogP contribution in [0.15, 0.2) is 53.5 Å². The third-order valence-corrected chi connectivity index (χ3v) is 4.45. The molecule has 31 heavy (non-hydrogen) atoms. The summed E-state index contributed by atoms with van der Waals surface area (Å²) in [4.78, 5) is 16.4. The molecule has 7 nitrogen and oxygen atoms in total. The zero-order valence-electron chi connectivity index (χ0n) is 19.1. The number of guanidine groups is 1. The Morgan fingerprint density at radius 2 is 1.74 bits per heavy atom. The minimum atomic E-state index is -0.0557. The third-order valence-electron chi connectivity index (χ3n) is 4.45. The van der Waals surface area contributed by atoms with Gasteiger partial charge in [0.25, 0.3) is 0 Å². The van der Waals surface area contributed by atoms with E-state index in [1.54, 1.807) is 7.11 Å². The molecule has 2 aromatic carbocycles. The number of rotatable bonds is 10. The molecule has 0 aliphatic carbocycles. The predicted molar refractivity (Wildman–Crippen MR) is 126 cm³/mol. The van der Waals surface area contributed by atoms with E-state index in [1.807, 2.05) is 76.2 Å². The molecule has 0 spiro atoms. The smallest absolute Gasteiger partial charge is 0.226 e. The molecule has 3 N–H and O–H groups in total. The summed E-state index contributed by atoms with van der Waals surface area (Å²) in [5, 5.41) is 9.45. The molecule has 2 aromatic rings. The lowest BCUT2D eigenvalue weighted by molar-refractivity contribution is -0.118. The zero-order valence-corrected chi connectivity index (χ0v) is 19.1. The van der Waals surface area contributed by atoms with Crippen molar-refractivity contribution in [3.63, 3.8) is 0 Å². The first-order valence-electron chi connectivity index (χ1n) is 10.6. The molecule has 1 atom stereocenters. The Kier molecular flexibility index (Phi) is 9.68. The maximum Gasteiger partial charge on any atom is 0.226 e. The number of methoxy groups -OCH3 is 1. The fourth-order valence-corrected chi connectivity index (χ4v) is 2.68. The average molecular weight is 427 g/mol. The number of anilines is 1. The van der Waals surface area contributed by atoms with E-state index in [-0.39, 0.29) is 17.9 Å². The summed E-state index contributed by atoms with van der Waals surface area (Å²) in [6.07, 6.45) is -0.0557. The molecular formula is C24H34N4O3. The van der Waals surface area contributed by atoms with Crippen molar-refractivity contribution in [2.45, 2.75) is 40.3 Å². The van der Waals surface area contributed by atoms with E-state index < -0.39 is 0 Å². The van der Waals surface area contributed by atoms with Gasteiger partial charge in [0.2, 0.25) is 5.91 Å². The highest BCUT2D eigenvalue weighted by Crippen LogP contribution is 2.19. The molecule has 0 aliphatic rings. The molecule has 0 fully saturated rings. The highest BCUT2D eigenvalue weighted by Gasteiger charge is 2.08. The van der Waals surface area contributed by atoms with Crippen LogP contribution in [0.1, 0.15) is 33.3 Å². The van der Waals surface area contributed by atoms with Gasteiger partial charge in [-0.25, -0.2) is 4.99 Å². The van der Waals surface area contributed by atoms with Gasteiger partial charge in [-0.05, 0) is 43.7 Å². The number of ether oxygens (including phenoxy) is 2. The van der Waals surface area contributed by atoms with E-state index in [0.29, 0.717) is 13.1 Å². The summed E-state index contributed by atoms with van der Waals surface area (Å²) < 4.78 is 11.2. The van der Waals surface area contributed by atoms with Crippen molar-refractivity contribution in [3.8, 4) is 11.5 Å². The van der Waals surface area contributed by atoms with Crippen molar-refractivity contribution in [1.29, 1.82) is 0 Å². The first-order valence-corrected chi connectivity index (χ1v) is 10.6. The van der Waals surface area contributed by atoms with Crippen molar-refractivity contribution < 1.29 is 14.3 Å². The standard InChI is InChI=1S/C24H34N4O3/c1-6-25-24(26-15-18(4)31-22-9-7-8-21(14-22)30-5)27-16-19-10-12-20(13-11-19)28-23(29)17(2)3/h7-14,17-18H,6,15-16H2,1-5H3,(H,28,29)(H2,25,26,27).